The summed E-state index contributed by atoms with van der Waals surface area (Å²) in [5.41, 5.74) is 1.38. The molecule has 0 saturated carbocycles. The van der Waals surface area contributed by atoms with Crippen LogP contribution in [0.3, 0.4) is 0 Å². The van der Waals surface area contributed by atoms with Gasteiger partial charge in [0.05, 0.1) is 18.6 Å². The predicted octanol–water partition coefficient (Wildman–Crippen LogP) is 2.07. The molecule has 18 heavy (non-hydrogen) atoms. The van der Waals surface area contributed by atoms with Crippen LogP contribution >= 0.6 is 0 Å². The van der Waals surface area contributed by atoms with Gasteiger partial charge < -0.3 is 5.32 Å². The van der Waals surface area contributed by atoms with Crippen molar-refractivity contribution in [3.05, 3.63) is 36.9 Å². The molecule has 0 amide bonds. The van der Waals surface area contributed by atoms with E-state index in [1.165, 1.54) is 0 Å². The molecule has 2 N–H and O–H groups in total. The van der Waals surface area contributed by atoms with Gasteiger partial charge in [0.15, 0.2) is 0 Å². The lowest BCUT2D eigenvalue weighted by Gasteiger charge is -2.07. The summed E-state index contributed by atoms with van der Waals surface area (Å²) in [6, 6.07) is 6.93. The molecule has 0 unspecified atom stereocenters. The van der Waals surface area contributed by atoms with Crippen LogP contribution in [0.2, 0.25) is 0 Å². The Balaban J connectivity index is 2.69. The van der Waals surface area contributed by atoms with Crippen LogP contribution in [0.25, 0.3) is 0 Å². The number of amidine groups is 1. The van der Waals surface area contributed by atoms with Crippen molar-refractivity contribution in [3.8, 4) is 0 Å². The van der Waals surface area contributed by atoms with Gasteiger partial charge in [-0.2, -0.15) is 0 Å². The predicted molar refractivity (Wildman–Crippen MR) is 76.7 cm³/mol. The molecular formula is C12H17N3O2S. The maximum absolute atomic E-state index is 11.0. The van der Waals surface area contributed by atoms with E-state index < -0.39 is 10.0 Å². The molecule has 0 heterocycles. The van der Waals surface area contributed by atoms with Crippen molar-refractivity contribution in [1.82, 2.24) is 0 Å². The highest BCUT2D eigenvalue weighted by Gasteiger charge is 2.01. The zero-order valence-electron chi connectivity index (χ0n) is 10.5. The molecule has 0 radical (unpaired) electrons. The fourth-order valence-corrected chi connectivity index (χ4v) is 1.85. The molecule has 5 nitrogen and oxygen atoms in total. The second-order valence-electron chi connectivity index (χ2n) is 3.79. The first kappa shape index (κ1) is 14.2. The van der Waals surface area contributed by atoms with E-state index in [0.717, 1.165) is 17.8 Å². The Bertz CT molecular complexity index is 533. The Morgan fingerprint density at radius 3 is 2.39 bits per heavy atom. The number of hydrogen-bond acceptors (Lipinski definition) is 3. The summed E-state index contributed by atoms with van der Waals surface area (Å²) in [5.74, 6) is 0.777. The largest absolute Gasteiger partial charge is 0.344 e. The molecule has 0 aromatic heterocycles. The fourth-order valence-electron chi connectivity index (χ4n) is 1.29. The fraction of sp³-hybridized carbons (Fsp3) is 0.250. The van der Waals surface area contributed by atoms with E-state index in [-0.39, 0.29) is 0 Å². The normalized spacial score (nSPS) is 12.0. The van der Waals surface area contributed by atoms with Gasteiger partial charge >= 0.3 is 0 Å². The van der Waals surface area contributed by atoms with Crippen molar-refractivity contribution in [2.45, 2.75) is 6.92 Å². The van der Waals surface area contributed by atoms with Gasteiger partial charge in [0.2, 0.25) is 10.0 Å². The summed E-state index contributed by atoms with van der Waals surface area (Å²) in [5, 5.41) is 3.09. The number of nitrogens with zero attached hydrogens (tertiary/aromatic N) is 1. The van der Waals surface area contributed by atoms with Crippen LogP contribution in [-0.2, 0) is 10.0 Å². The summed E-state index contributed by atoms with van der Waals surface area (Å²) < 4.78 is 24.4. The summed E-state index contributed by atoms with van der Waals surface area (Å²) in [6.07, 6.45) is 2.83. The van der Waals surface area contributed by atoms with Crippen molar-refractivity contribution in [3.63, 3.8) is 0 Å². The number of hydrogen-bond donors (Lipinski definition) is 2. The molecule has 0 aliphatic heterocycles. The molecule has 1 rings (SSSR count). The van der Waals surface area contributed by atoms with Crippen LogP contribution in [0.1, 0.15) is 6.92 Å². The minimum Gasteiger partial charge on any atom is -0.344 e. The van der Waals surface area contributed by atoms with Crippen LogP contribution in [0, 0.1) is 0 Å². The van der Waals surface area contributed by atoms with Gasteiger partial charge in [0.1, 0.15) is 0 Å². The number of aliphatic imine (C=N–C) groups is 1. The third-order valence-corrected chi connectivity index (χ3v) is 2.58. The maximum atomic E-state index is 11.0. The monoisotopic (exact) mass is 267 g/mol. The highest BCUT2D eigenvalue weighted by atomic mass is 32.2. The molecule has 0 atom stereocenters. The molecule has 0 aliphatic carbocycles. The Labute approximate surface area is 108 Å². The van der Waals surface area contributed by atoms with Gasteiger partial charge in [0.25, 0.3) is 0 Å². The maximum Gasteiger partial charge on any atom is 0.229 e. The zero-order chi connectivity index (χ0) is 13.6. The van der Waals surface area contributed by atoms with Crippen molar-refractivity contribution in [2.75, 3.05) is 22.8 Å². The number of anilines is 2. The van der Waals surface area contributed by atoms with E-state index in [9.17, 15) is 8.42 Å². The summed E-state index contributed by atoms with van der Waals surface area (Å²) in [7, 11) is -3.23. The average molecular weight is 267 g/mol. The standard InChI is InChI=1S/C12H17N3O2S/c1-4-9-13-10(2)14-11-5-7-12(8-6-11)15-18(3,16)17/h4-8,15H,1,9H2,2-3H3,(H,13,14). The van der Waals surface area contributed by atoms with Gasteiger partial charge in [-0.15, -0.1) is 6.58 Å². The first-order chi connectivity index (χ1) is 8.40. The van der Waals surface area contributed by atoms with Gasteiger partial charge in [0, 0.05) is 11.4 Å². The van der Waals surface area contributed by atoms with Crippen LogP contribution in [0.4, 0.5) is 11.4 Å². The Kier molecular flexibility index (Phi) is 4.91. The van der Waals surface area contributed by atoms with Gasteiger partial charge in [-0.3, -0.25) is 9.71 Å². The second-order valence-corrected chi connectivity index (χ2v) is 5.54. The molecule has 0 saturated heterocycles. The van der Waals surface area contributed by atoms with E-state index in [1.807, 2.05) is 6.92 Å². The highest BCUT2D eigenvalue weighted by Crippen LogP contribution is 2.14. The smallest absolute Gasteiger partial charge is 0.229 e. The topological polar surface area (TPSA) is 70.6 Å². The molecule has 0 fully saturated rings. The lowest BCUT2D eigenvalue weighted by atomic mass is 10.3. The third kappa shape index (κ3) is 5.49. The van der Waals surface area contributed by atoms with Crippen molar-refractivity contribution < 1.29 is 8.42 Å². The van der Waals surface area contributed by atoms with Crippen LogP contribution < -0.4 is 10.0 Å². The highest BCUT2D eigenvalue weighted by molar-refractivity contribution is 7.92. The van der Waals surface area contributed by atoms with E-state index in [1.54, 1.807) is 30.3 Å². The SMILES string of the molecule is C=CCN=C(C)Nc1ccc(NS(C)(=O)=O)cc1. The Morgan fingerprint density at radius 2 is 1.89 bits per heavy atom. The summed E-state index contributed by atoms with van der Waals surface area (Å²) >= 11 is 0. The quantitative estimate of drug-likeness (QED) is 0.487. The first-order valence-corrected chi connectivity index (χ1v) is 7.26. The van der Waals surface area contributed by atoms with E-state index in [0.29, 0.717) is 12.2 Å². The summed E-state index contributed by atoms with van der Waals surface area (Å²) in [4.78, 5) is 4.20. The lowest BCUT2D eigenvalue weighted by Crippen LogP contribution is -2.10. The van der Waals surface area contributed by atoms with Crippen molar-refractivity contribution >= 4 is 27.2 Å². The molecular weight excluding hydrogens is 250 g/mol. The van der Waals surface area contributed by atoms with Crippen LogP contribution in [-0.4, -0.2) is 27.1 Å². The molecule has 0 aliphatic rings. The van der Waals surface area contributed by atoms with Gasteiger partial charge in [-0.1, -0.05) is 6.08 Å². The average Bonchev–Trinajstić information content (AvgIpc) is 2.27. The number of rotatable bonds is 5. The molecule has 1 aromatic carbocycles. The Hall–Kier alpha value is -1.82. The molecule has 0 bridgehead atoms. The first-order valence-electron chi connectivity index (χ1n) is 5.37. The van der Waals surface area contributed by atoms with E-state index >= 15 is 0 Å². The number of benzene rings is 1. The van der Waals surface area contributed by atoms with E-state index in [2.05, 4.69) is 21.6 Å². The lowest BCUT2D eigenvalue weighted by molar-refractivity contribution is 0.607. The molecule has 0 spiro atoms. The second kappa shape index (κ2) is 6.20. The minimum atomic E-state index is -3.23. The minimum absolute atomic E-state index is 0.531. The van der Waals surface area contributed by atoms with E-state index in [4.69, 9.17) is 0 Å². The molecule has 98 valence electrons. The van der Waals surface area contributed by atoms with Crippen LogP contribution in [0.15, 0.2) is 41.9 Å². The number of nitrogens with one attached hydrogen (secondary N) is 2. The molecule has 1 aromatic rings. The van der Waals surface area contributed by atoms with Crippen molar-refractivity contribution in [2.24, 2.45) is 4.99 Å². The zero-order valence-corrected chi connectivity index (χ0v) is 11.3. The van der Waals surface area contributed by atoms with Crippen LogP contribution in [0.5, 0.6) is 0 Å². The Morgan fingerprint density at radius 1 is 1.33 bits per heavy atom. The van der Waals surface area contributed by atoms with Gasteiger partial charge in [-0.05, 0) is 31.2 Å². The third-order valence-electron chi connectivity index (χ3n) is 1.97. The van der Waals surface area contributed by atoms with Gasteiger partial charge in [-0.25, -0.2) is 8.42 Å². The number of sulfonamides is 1. The summed E-state index contributed by atoms with van der Waals surface area (Å²) in [6.45, 7) is 6.00. The van der Waals surface area contributed by atoms with Crippen molar-refractivity contribution in [1.29, 1.82) is 0 Å². The molecule has 6 heteroatoms.